The van der Waals surface area contributed by atoms with Gasteiger partial charge in [-0.15, -0.1) is 11.3 Å². The first-order valence-corrected chi connectivity index (χ1v) is 8.18. The lowest BCUT2D eigenvalue weighted by Gasteiger charge is -2.11. The molecule has 1 fully saturated rings. The van der Waals surface area contributed by atoms with E-state index in [1.54, 1.807) is 6.07 Å². The Morgan fingerprint density at radius 3 is 2.77 bits per heavy atom. The van der Waals surface area contributed by atoms with Crippen molar-refractivity contribution in [2.75, 3.05) is 18.8 Å². The molecule has 1 aliphatic heterocycles. The van der Waals surface area contributed by atoms with E-state index in [0.29, 0.717) is 11.4 Å². The average Bonchev–Trinajstić information content (AvgIpc) is 3.12. The molecule has 0 radical (unpaired) electrons. The third-order valence-corrected chi connectivity index (χ3v) is 5.00. The number of rotatable bonds is 4. The van der Waals surface area contributed by atoms with Crippen molar-refractivity contribution >= 4 is 23.0 Å². The molecule has 0 bridgehead atoms. The molecule has 0 amide bonds. The monoisotopic (exact) mass is 317 g/mol. The summed E-state index contributed by atoms with van der Waals surface area (Å²) in [7, 11) is 0. The standard InChI is InChI=1S/C16H19N3O2S/c1-10-4-5-11(8-12(10)17)14-15(16(20)21)22-13(18-14)9-19-6-2-3-7-19/h4-5,8H,2-3,6-7,9,17H2,1H3,(H,20,21). The van der Waals surface area contributed by atoms with Crippen molar-refractivity contribution in [1.29, 1.82) is 0 Å². The molecule has 5 nitrogen and oxygen atoms in total. The van der Waals surface area contributed by atoms with Gasteiger partial charge in [0.1, 0.15) is 9.88 Å². The number of aromatic nitrogens is 1. The minimum absolute atomic E-state index is 0.289. The van der Waals surface area contributed by atoms with Gasteiger partial charge in [0.25, 0.3) is 0 Å². The lowest BCUT2D eigenvalue weighted by atomic mass is 10.1. The number of nitrogen functional groups attached to an aromatic ring is 1. The SMILES string of the molecule is Cc1ccc(-c2nc(CN3CCCC3)sc2C(=O)O)cc1N. The van der Waals surface area contributed by atoms with Crippen molar-refractivity contribution in [2.24, 2.45) is 0 Å². The number of hydrogen-bond acceptors (Lipinski definition) is 5. The molecule has 0 unspecified atom stereocenters. The number of nitrogens with two attached hydrogens (primary N) is 1. The Kier molecular flexibility index (Phi) is 4.13. The van der Waals surface area contributed by atoms with Crippen LogP contribution in [0.3, 0.4) is 0 Å². The highest BCUT2D eigenvalue weighted by atomic mass is 32.1. The molecule has 116 valence electrons. The Morgan fingerprint density at radius 1 is 1.41 bits per heavy atom. The van der Waals surface area contributed by atoms with Crippen LogP contribution in [0.5, 0.6) is 0 Å². The summed E-state index contributed by atoms with van der Waals surface area (Å²) in [5.74, 6) is -0.931. The number of benzene rings is 1. The fourth-order valence-electron chi connectivity index (χ4n) is 2.69. The first-order chi connectivity index (χ1) is 10.5. The molecule has 0 spiro atoms. The number of aryl methyl sites for hydroxylation is 1. The van der Waals surface area contributed by atoms with Gasteiger partial charge in [-0.2, -0.15) is 0 Å². The Labute approximate surface area is 133 Å². The van der Waals surface area contributed by atoms with Gasteiger partial charge in [-0.1, -0.05) is 12.1 Å². The van der Waals surface area contributed by atoms with Crippen LogP contribution >= 0.6 is 11.3 Å². The maximum Gasteiger partial charge on any atom is 0.348 e. The number of hydrogen-bond donors (Lipinski definition) is 2. The fraction of sp³-hybridized carbons (Fsp3) is 0.375. The van der Waals surface area contributed by atoms with E-state index < -0.39 is 5.97 Å². The van der Waals surface area contributed by atoms with Crippen molar-refractivity contribution in [3.8, 4) is 11.3 Å². The first kappa shape index (κ1) is 15.0. The molecule has 3 rings (SSSR count). The summed E-state index contributed by atoms with van der Waals surface area (Å²) in [4.78, 5) is 18.7. The number of nitrogens with zero attached hydrogens (tertiary/aromatic N) is 2. The van der Waals surface area contributed by atoms with Crippen molar-refractivity contribution in [2.45, 2.75) is 26.3 Å². The largest absolute Gasteiger partial charge is 0.477 e. The third kappa shape index (κ3) is 2.98. The summed E-state index contributed by atoms with van der Waals surface area (Å²) in [6.07, 6.45) is 2.41. The fourth-order valence-corrected chi connectivity index (χ4v) is 3.66. The molecule has 0 saturated carbocycles. The van der Waals surface area contributed by atoms with Crippen LogP contribution in [-0.2, 0) is 6.54 Å². The summed E-state index contributed by atoms with van der Waals surface area (Å²) < 4.78 is 0. The highest BCUT2D eigenvalue weighted by molar-refractivity contribution is 7.14. The molecule has 6 heteroatoms. The van der Waals surface area contributed by atoms with Gasteiger partial charge in [-0.25, -0.2) is 9.78 Å². The number of anilines is 1. The summed E-state index contributed by atoms with van der Waals surface area (Å²) in [6.45, 7) is 4.78. The van der Waals surface area contributed by atoms with Crippen LogP contribution < -0.4 is 5.73 Å². The van der Waals surface area contributed by atoms with E-state index >= 15 is 0 Å². The quantitative estimate of drug-likeness (QED) is 0.847. The molecule has 1 aromatic carbocycles. The zero-order valence-electron chi connectivity index (χ0n) is 12.5. The highest BCUT2D eigenvalue weighted by Crippen LogP contribution is 2.31. The molecule has 0 atom stereocenters. The first-order valence-electron chi connectivity index (χ1n) is 7.36. The van der Waals surface area contributed by atoms with E-state index in [1.165, 1.54) is 24.2 Å². The van der Waals surface area contributed by atoms with Crippen LogP contribution in [0.15, 0.2) is 18.2 Å². The molecule has 0 aliphatic carbocycles. The van der Waals surface area contributed by atoms with Gasteiger partial charge in [0.15, 0.2) is 0 Å². The average molecular weight is 317 g/mol. The number of carboxylic acids is 1. The molecular weight excluding hydrogens is 298 g/mol. The summed E-state index contributed by atoms with van der Waals surface area (Å²) in [5, 5.41) is 10.3. The van der Waals surface area contributed by atoms with Gasteiger partial charge in [-0.05, 0) is 44.5 Å². The predicted molar refractivity (Wildman–Crippen MR) is 88.2 cm³/mol. The van der Waals surface area contributed by atoms with Gasteiger partial charge in [0, 0.05) is 11.3 Å². The summed E-state index contributed by atoms with van der Waals surface area (Å²) >= 11 is 1.27. The summed E-state index contributed by atoms with van der Waals surface area (Å²) in [6, 6.07) is 5.58. The number of thiazole rings is 1. The topological polar surface area (TPSA) is 79.5 Å². The Balaban J connectivity index is 1.96. The van der Waals surface area contributed by atoms with Crippen LogP contribution in [-0.4, -0.2) is 34.0 Å². The Hall–Kier alpha value is -1.92. The number of carboxylic acid groups (broad SMARTS) is 1. The second-order valence-electron chi connectivity index (χ2n) is 5.65. The lowest BCUT2D eigenvalue weighted by Crippen LogP contribution is -2.18. The van der Waals surface area contributed by atoms with Crippen LogP contribution in [0.2, 0.25) is 0 Å². The molecule has 2 aromatic rings. The minimum atomic E-state index is -0.931. The predicted octanol–water partition coefficient (Wildman–Crippen LogP) is 2.99. The van der Waals surface area contributed by atoms with Gasteiger partial charge >= 0.3 is 5.97 Å². The molecule has 1 saturated heterocycles. The zero-order chi connectivity index (χ0) is 15.7. The van der Waals surface area contributed by atoms with E-state index in [2.05, 4.69) is 9.88 Å². The molecular formula is C16H19N3O2S. The van der Waals surface area contributed by atoms with Crippen molar-refractivity contribution < 1.29 is 9.90 Å². The highest BCUT2D eigenvalue weighted by Gasteiger charge is 2.21. The zero-order valence-corrected chi connectivity index (χ0v) is 13.3. The van der Waals surface area contributed by atoms with E-state index in [4.69, 9.17) is 5.73 Å². The number of aromatic carboxylic acids is 1. The molecule has 2 heterocycles. The molecule has 22 heavy (non-hydrogen) atoms. The van der Waals surface area contributed by atoms with Crippen molar-refractivity contribution in [3.05, 3.63) is 33.6 Å². The normalized spacial score (nSPS) is 15.3. The van der Waals surface area contributed by atoms with Crippen molar-refractivity contribution in [3.63, 3.8) is 0 Å². The van der Waals surface area contributed by atoms with E-state index in [9.17, 15) is 9.90 Å². The van der Waals surface area contributed by atoms with Gasteiger partial charge in [0.2, 0.25) is 0 Å². The lowest BCUT2D eigenvalue weighted by molar-refractivity contribution is 0.0702. The van der Waals surface area contributed by atoms with Gasteiger partial charge in [0.05, 0.1) is 12.2 Å². The van der Waals surface area contributed by atoms with E-state index in [1.807, 2.05) is 19.1 Å². The smallest absolute Gasteiger partial charge is 0.348 e. The molecule has 1 aromatic heterocycles. The second kappa shape index (κ2) is 6.06. The third-order valence-electron chi connectivity index (χ3n) is 3.98. The molecule has 3 N–H and O–H groups in total. The summed E-state index contributed by atoms with van der Waals surface area (Å²) in [5.41, 5.74) is 8.87. The number of likely N-dealkylation sites (tertiary alicyclic amines) is 1. The van der Waals surface area contributed by atoms with E-state index in [-0.39, 0.29) is 4.88 Å². The van der Waals surface area contributed by atoms with Gasteiger partial charge < -0.3 is 10.8 Å². The maximum atomic E-state index is 11.5. The van der Waals surface area contributed by atoms with Crippen LogP contribution in [0.25, 0.3) is 11.3 Å². The van der Waals surface area contributed by atoms with Crippen LogP contribution in [0.4, 0.5) is 5.69 Å². The second-order valence-corrected chi connectivity index (χ2v) is 6.73. The minimum Gasteiger partial charge on any atom is -0.477 e. The van der Waals surface area contributed by atoms with Crippen molar-refractivity contribution in [1.82, 2.24) is 9.88 Å². The molecule has 1 aliphatic rings. The number of carbonyl (C=O) groups is 1. The Morgan fingerprint density at radius 2 is 2.14 bits per heavy atom. The van der Waals surface area contributed by atoms with Gasteiger partial charge in [-0.3, -0.25) is 4.90 Å². The Bertz CT molecular complexity index is 705. The van der Waals surface area contributed by atoms with Crippen LogP contribution in [0.1, 0.15) is 33.1 Å². The maximum absolute atomic E-state index is 11.5. The van der Waals surface area contributed by atoms with E-state index in [0.717, 1.165) is 35.8 Å². The van der Waals surface area contributed by atoms with Crippen LogP contribution in [0, 0.1) is 6.92 Å².